The van der Waals surface area contributed by atoms with Gasteiger partial charge in [-0.15, -0.1) is 0 Å². The highest BCUT2D eigenvalue weighted by Crippen LogP contribution is 2.56. The van der Waals surface area contributed by atoms with E-state index in [0.29, 0.717) is 5.70 Å². The number of carbonyl (C=O) groups excluding carboxylic acids is 2. The van der Waals surface area contributed by atoms with Crippen molar-refractivity contribution in [1.82, 2.24) is 9.13 Å². The fourth-order valence-electron chi connectivity index (χ4n) is 6.39. The molecule has 0 saturated heterocycles. The third kappa shape index (κ3) is 3.91. The number of nitrogens with zero attached hydrogens (tertiary/aromatic N) is 2. The first-order valence-electron chi connectivity index (χ1n) is 13.4. The summed E-state index contributed by atoms with van der Waals surface area (Å²) in [4.78, 5) is 55.8. The number of rotatable bonds is 5. The van der Waals surface area contributed by atoms with Gasteiger partial charge in [0.05, 0.1) is 19.8 Å². The van der Waals surface area contributed by atoms with Crippen LogP contribution in [0.3, 0.4) is 0 Å². The molecule has 3 aliphatic rings. The molecule has 14 heteroatoms. The Bertz CT molecular complexity index is 1930. The lowest BCUT2D eigenvalue weighted by atomic mass is 9.66. The summed E-state index contributed by atoms with van der Waals surface area (Å²) in [5.41, 5.74) is -2.89. The number of nitrogens with one attached hydrogen (secondary N) is 1. The van der Waals surface area contributed by atoms with Gasteiger partial charge in [0.2, 0.25) is 17.2 Å². The Morgan fingerprint density at radius 1 is 1.05 bits per heavy atom. The fourth-order valence-corrected chi connectivity index (χ4v) is 6.66. The van der Waals surface area contributed by atoms with Gasteiger partial charge in [0, 0.05) is 43.3 Å². The lowest BCUT2D eigenvalue weighted by Crippen LogP contribution is -2.58. The molecular weight excluding hydrogens is 604 g/mol. The van der Waals surface area contributed by atoms with Gasteiger partial charge in [0.1, 0.15) is 33.7 Å². The highest BCUT2D eigenvalue weighted by atomic mass is 35.5. The van der Waals surface area contributed by atoms with E-state index in [-0.39, 0.29) is 62.5 Å². The van der Waals surface area contributed by atoms with E-state index in [1.165, 1.54) is 57.1 Å². The molecular formula is C30H26ClF2N3O8. The second kappa shape index (κ2) is 10.2. The summed E-state index contributed by atoms with van der Waals surface area (Å²) >= 11 is 6.56. The van der Waals surface area contributed by atoms with Crippen LogP contribution in [-0.2, 0) is 18.9 Å². The molecule has 1 aromatic heterocycles. The van der Waals surface area contributed by atoms with Gasteiger partial charge in [-0.25, -0.2) is 4.79 Å². The number of anilines is 1. The lowest BCUT2D eigenvalue weighted by Gasteiger charge is -2.42. The summed E-state index contributed by atoms with van der Waals surface area (Å²) in [7, 11) is 5.47. The number of methoxy groups -OCH3 is 2. The third-order valence-electron chi connectivity index (χ3n) is 8.49. The normalized spacial score (nSPS) is 21.9. The van der Waals surface area contributed by atoms with E-state index < -0.39 is 46.9 Å². The molecule has 0 fully saturated rings. The molecule has 0 radical (unpaired) electrons. The van der Waals surface area contributed by atoms with Crippen molar-refractivity contribution in [3.05, 3.63) is 84.2 Å². The number of ketones is 2. The van der Waals surface area contributed by atoms with Crippen molar-refractivity contribution in [3.63, 3.8) is 0 Å². The van der Waals surface area contributed by atoms with Gasteiger partial charge < -0.3 is 24.3 Å². The molecule has 0 amide bonds. The molecule has 230 valence electrons. The molecule has 2 aliphatic heterocycles. The Labute approximate surface area is 253 Å². The number of carbonyl (C=O) groups is 2. The maximum absolute atomic E-state index is 14.9. The van der Waals surface area contributed by atoms with Crippen LogP contribution in [-0.4, -0.2) is 47.1 Å². The second-order valence-electron chi connectivity index (χ2n) is 10.8. The second-order valence-corrected chi connectivity index (χ2v) is 11.1. The standard InChI is InChI=1S/C30H26ClF2N3O8/c1-12-9-15-19(24(37)30(12)25(38)20-16(41-4)11-17(42-5)22(31)23(20)44-30)18(13-7-6-8-14(10-13)43-28(32)33)21-26(34-15)35(2)29(40)36(3)27(21)39/h6-8,10-12,18,28,34H,9H2,1-5H3/t12-,18+,30+/m1/s1. The van der Waals surface area contributed by atoms with Crippen molar-refractivity contribution < 1.29 is 37.3 Å². The molecule has 3 heterocycles. The number of aromatic nitrogens is 2. The van der Waals surface area contributed by atoms with Gasteiger partial charge in [0.25, 0.3) is 5.56 Å². The van der Waals surface area contributed by atoms with Crippen LogP contribution in [0, 0.1) is 5.92 Å². The summed E-state index contributed by atoms with van der Waals surface area (Å²) in [5, 5.41) is 3.07. The number of fused-ring (bicyclic) bond motifs is 2. The van der Waals surface area contributed by atoms with Crippen molar-refractivity contribution in [1.29, 1.82) is 0 Å². The summed E-state index contributed by atoms with van der Waals surface area (Å²) < 4.78 is 50.1. The van der Waals surface area contributed by atoms with E-state index in [1.807, 2.05) is 0 Å². The number of alkyl halides is 2. The summed E-state index contributed by atoms with van der Waals surface area (Å²) in [5.74, 6) is -3.32. The predicted molar refractivity (Wildman–Crippen MR) is 154 cm³/mol. The molecule has 6 rings (SSSR count). The van der Waals surface area contributed by atoms with Gasteiger partial charge in [0.15, 0.2) is 5.75 Å². The predicted octanol–water partition coefficient (Wildman–Crippen LogP) is 3.79. The summed E-state index contributed by atoms with van der Waals surface area (Å²) in [6, 6.07) is 7.00. The topological polar surface area (TPSA) is 127 Å². The van der Waals surface area contributed by atoms with E-state index in [4.69, 9.17) is 25.8 Å². The average Bonchev–Trinajstić information content (AvgIpc) is 3.31. The van der Waals surface area contributed by atoms with Gasteiger partial charge >= 0.3 is 12.3 Å². The maximum atomic E-state index is 14.9. The highest BCUT2D eigenvalue weighted by Gasteiger charge is 2.63. The number of ether oxygens (including phenoxy) is 4. The maximum Gasteiger partial charge on any atom is 0.387 e. The Morgan fingerprint density at radius 2 is 1.75 bits per heavy atom. The van der Waals surface area contributed by atoms with Gasteiger partial charge in [-0.1, -0.05) is 30.7 Å². The number of allylic oxidation sites excluding steroid dienone is 1. The Hall–Kier alpha value is -4.65. The number of Topliss-reactive ketones (excluding diaryl/α,β-unsaturated/α-hetero) is 2. The zero-order valence-electron chi connectivity index (χ0n) is 24.1. The van der Waals surface area contributed by atoms with Crippen molar-refractivity contribution in [3.8, 4) is 23.0 Å². The lowest BCUT2D eigenvalue weighted by molar-refractivity contribution is -0.130. The van der Waals surface area contributed by atoms with Gasteiger partial charge in [-0.05, 0) is 24.1 Å². The first-order valence-corrected chi connectivity index (χ1v) is 13.8. The first-order chi connectivity index (χ1) is 20.9. The zero-order chi connectivity index (χ0) is 31.8. The van der Waals surface area contributed by atoms with Crippen LogP contribution in [0.1, 0.15) is 40.7 Å². The average molecular weight is 630 g/mol. The Kier molecular flexibility index (Phi) is 6.83. The van der Waals surface area contributed by atoms with Crippen molar-refractivity contribution in [2.45, 2.75) is 31.5 Å². The first kappa shape index (κ1) is 29.4. The van der Waals surface area contributed by atoms with Crippen LogP contribution < -0.4 is 35.5 Å². The molecule has 0 bridgehead atoms. The number of benzene rings is 2. The Morgan fingerprint density at radius 3 is 2.41 bits per heavy atom. The molecule has 44 heavy (non-hydrogen) atoms. The van der Waals surface area contributed by atoms with E-state index in [0.717, 1.165) is 4.57 Å². The molecule has 3 aromatic rings. The van der Waals surface area contributed by atoms with Crippen LogP contribution in [0.4, 0.5) is 14.6 Å². The quantitative estimate of drug-likeness (QED) is 0.420. The fraction of sp³-hybridized carbons (Fsp3) is 0.333. The van der Waals surface area contributed by atoms with Crippen LogP contribution in [0.2, 0.25) is 5.02 Å². The molecule has 2 aromatic carbocycles. The summed E-state index contributed by atoms with van der Waals surface area (Å²) in [6.07, 6.45) is 0.0738. The minimum Gasteiger partial charge on any atom is -0.496 e. The van der Waals surface area contributed by atoms with Crippen LogP contribution in [0.15, 0.2) is 51.2 Å². The van der Waals surface area contributed by atoms with Crippen LogP contribution in [0.25, 0.3) is 0 Å². The van der Waals surface area contributed by atoms with Crippen LogP contribution in [0.5, 0.6) is 23.0 Å². The molecule has 1 spiro atoms. The smallest absolute Gasteiger partial charge is 0.387 e. The van der Waals surface area contributed by atoms with Crippen molar-refractivity contribution >= 4 is 29.0 Å². The van der Waals surface area contributed by atoms with E-state index in [1.54, 1.807) is 13.0 Å². The van der Waals surface area contributed by atoms with Gasteiger partial charge in [-0.3, -0.25) is 23.5 Å². The summed E-state index contributed by atoms with van der Waals surface area (Å²) in [6.45, 7) is -1.47. The van der Waals surface area contributed by atoms with E-state index >= 15 is 0 Å². The molecule has 0 saturated carbocycles. The molecule has 1 N–H and O–H groups in total. The number of hydrogen-bond acceptors (Lipinski definition) is 9. The Balaban J connectivity index is 1.61. The van der Waals surface area contributed by atoms with Crippen molar-refractivity contribution in [2.24, 2.45) is 20.0 Å². The highest BCUT2D eigenvalue weighted by molar-refractivity contribution is 6.36. The largest absolute Gasteiger partial charge is 0.496 e. The van der Waals surface area contributed by atoms with Gasteiger partial charge in [-0.2, -0.15) is 8.78 Å². The third-order valence-corrected chi connectivity index (χ3v) is 8.85. The molecule has 3 atom stereocenters. The van der Waals surface area contributed by atoms with Crippen molar-refractivity contribution in [2.75, 3.05) is 19.5 Å². The number of halogens is 3. The zero-order valence-corrected chi connectivity index (χ0v) is 24.9. The minimum absolute atomic E-state index is 0.000780. The van der Waals surface area contributed by atoms with Crippen LogP contribution >= 0.6 is 11.6 Å². The molecule has 1 aliphatic carbocycles. The SMILES string of the molecule is COc1cc(OC)c2c(c1Cl)O[C@@]1(C(=O)C3=C(C[C@H]1C)Nc1c(c(=O)n(C)c(=O)n1C)[C@H]3c1cccc(OC(F)F)c1)C2=O. The van der Waals surface area contributed by atoms with E-state index in [9.17, 15) is 28.0 Å². The molecule has 0 unspecified atom stereocenters. The molecule has 11 nitrogen and oxygen atoms in total. The number of hydrogen-bond donors (Lipinski definition) is 1. The minimum atomic E-state index is -3.13. The van der Waals surface area contributed by atoms with E-state index in [2.05, 4.69) is 10.1 Å². The monoisotopic (exact) mass is 629 g/mol.